The second-order valence-corrected chi connectivity index (χ2v) is 4.68. The molecule has 0 heterocycles. The number of aryl methyl sites for hydroxylation is 1. The van der Waals surface area contributed by atoms with Crippen LogP contribution in [0.3, 0.4) is 0 Å². The van der Waals surface area contributed by atoms with E-state index in [0.29, 0.717) is 0 Å². The number of fused-ring (bicyclic) bond motifs is 1. The minimum atomic E-state index is -0.490. The van der Waals surface area contributed by atoms with Crippen molar-refractivity contribution in [2.24, 2.45) is 0 Å². The van der Waals surface area contributed by atoms with Crippen LogP contribution in [0.25, 0.3) is 0 Å². The number of benzene rings is 1. The molecule has 0 aromatic heterocycles. The van der Waals surface area contributed by atoms with Crippen molar-refractivity contribution in [2.45, 2.75) is 31.7 Å². The molecule has 0 fully saturated rings. The standard InChI is InChI=1S/C13H15ClN2/c1-2-7-16-13(9-15)6-5-10-8-11(14)3-4-12(10)13/h3-4,8,16H,2,5-7H2,1H3. The summed E-state index contributed by atoms with van der Waals surface area (Å²) in [6, 6.07) is 8.26. The monoisotopic (exact) mass is 234 g/mol. The molecule has 1 aromatic carbocycles. The molecule has 1 unspecified atom stereocenters. The molecule has 2 rings (SSSR count). The van der Waals surface area contributed by atoms with Gasteiger partial charge in [0.05, 0.1) is 6.07 Å². The zero-order chi connectivity index (χ0) is 11.6. The largest absolute Gasteiger partial charge is 0.296 e. The predicted octanol–water partition coefficient (Wildman–Crippen LogP) is 3.00. The van der Waals surface area contributed by atoms with Crippen LogP contribution >= 0.6 is 11.6 Å². The average Bonchev–Trinajstić information content (AvgIpc) is 2.65. The zero-order valence-corrected chi connectivity index (χ0v) is 10.1. The Hall–Kier alpha value is -1.04. The first-order chi connectivity index (χ1) is 7.72. The van der Waals surface area contributed by atoms with Crippen LogP contribution in [0.15, 0.2) is 18.2 Å². The zero-order valence-electron chi connectivity index (χ0n) is 9.39. The molecule has 0 bridgehead atoms. The van der Waals surface area contributed by atoms with Crippen molar-refractivity contribution < 1.29 is 0 Å². The Morgan fingerprint density at radius 2 is 2.38 bits per heavy atom. The molecule has 2 nitrogen and oxygen atoms in total. The molecule has 84 valence electrons. The van der Waals surface area contributed by atoms with Gasteiger partial charge >= 0.3 is 0 Å². The molecule has 1 aliphatic rings. The van der Waals surface area contributed by atoms with Crippen molar-refractivity contribution in [3.63, 3.8) is 0 Å². The average molecular weight is 235 g/mol. The van der Waals surface area contributed by atoms with Gasteiger partial charge < -0.3 is 0 Å². The summed E-state index contributed by atoms with van der Waals surface area (Å²) in [7, 11) is 0. The Morgan fingerprint density at radius 1 is 1.56 bits per heavy atom. The van der Waals surface area contributed by atoms with Crippen molar-refractivity contribution in [1.29, 1.82) is 5.26 Å². The van der Waals surface area contributed by atoms with Gasteiger partial charge in [0.25, 0.3) is 0 Å². The Labute approximate surface area is 101 Å². The lowest BCUT2D eigenvalue weighted by atomic mass is 9.93. The summed E-state index contributed by atoms with van der Waals surface area (Å²) in [5, 5.41) is 13.5. The quantitative estimate of drug-likeness (QED) is 0.873. The summed E-state index contributed by atoms with van der Waals surface area (Å²) in [6.45, 7) is 2.98. The van der Waals surface area contributed by atoms with Crippen LogP contribution in [0, 0.1) is 11.3 Å². The molecule has 0 saturated carbocycles. The summed E-state index contributed by atoms with van der Waals surface area (Å²) < 4.78 is 0. The van der Waals surface area contributed by atoms with E-state index in [9.17, 15) is 5.26 Å². The Kier molecular flexibility index (Phi) is 3.18. The highest BCUT2D eigenvalue weighted by Gasteiger charge is 2.38. The molecule has 3 heteroatoms. The number of rotatable bonds is 3. The molecule has 0 amide bonds. The van der Waals surface area contributed by atoms with Gasteiger partial charge in [-0.05, 0) is 49.1 Å². The molecular weight excluding hydrogens is 220 g/mol. The predicted molar refractivity (Wildman–Crippen MR) is 65.4 cm³/mol. The third-order valence-electron chi connectivity index (χ3n) is 3.16. The minimum Gasteiger partial charge on any atom is -0.296 e. The molecule has 1 aromatic rings. The molecule has 1 N–H and O–H groups in total. The molecule has 1 aliphatic carbocycles. The first-order valence-corrected chi connectivity index (χ1v) is 6.05. The van der Waals surface area contributed by atoms with Crippen LogP contribution in [0.1, 0.15) is 30.9 Å². The van der Waals surface area contributed by atoms with Crippen molar-refractivity contribution >= 4 is 11.6 Å². The topological polar surface area (TPSA) is 35.8 Å². The maximum Gasteiger partial charge on any atom is 0.132 e. The van der Waals surface area contributed by atoms with Gasteiger partial charge in [-0.3, -0.25) is 5.32 Å². The summed E-state index contributed by atoms with van der Waals surface area (Å²) in [5.41, 5.74) is 1.82. The highest BCUT2D eigenvalue weighted by molar-refractivity contribution is 6.30. The molecule has 1 atom stereocenters. The van der Waals surface area contributed by atoms with E-state index in [1.54, 1.807) is 0 Å². The minimum absolute atomic E-state index is 0.490. The van der Waals surface area contributed by atoms with Gasteiger partial charge in [-0.25, -0.2) is 0 Å². The van der Waals surface area contributed by atoms with Crippen LogP contribution in [0.5, 0.6) is 0 Å². The Balaban J connectivity index is 2.36. The van der Waals surface area contributed by atoms with Gasteiger partial charge in [0.15, 0.2) is 0 Å². The maximum absolute atomic E-state index is 9.41. The van der Waals surface area contributed by atoms with Crippen molar-refractivity contribution in [1.82, 2.24) is 5.32 Å². The van der Waals surface area contributed by atoms with Crippen LogP contribution in [0.2, 0.25) is 5.02 Å². The third-order valence-corrected chi connectivity index (χ3v) is 3.40. The van der Waals surface area contributed by atoms with E-state index >= 15 is 0 Å². The van der Waals surface area contributed by atoms with Gasteiger partial charge in [0.1, 0.15) is 5.54 Å². The molecule has 0 radical (unpaired) electrons. The van der Waals surface area contributed by atoms with Crippen molar-refractivity contribution in [3.8, 4) is 6.07 Å². The Bertz CT molecular complexity index is 436. The molecule has 0 spiro atoms. The Morgan fingerprint density at radius 3 is 3.06 bits per heavy atom. The van der Waals surface area contributed by atoms with E-state index in [2.05, 4.69) is 18.3 Å². The lowest BCUT2D eigenvalue weighted by Gasteiger charge is -2.23. The molecule has 0 aliphatic heterocycles. The summed E-state index contributed by atoms with van der Waals surface area (Å²) in [5.74, 6) is 0. The van der Waals surface area contributed by atoms with Crippen molar-refractivity contribution in [2.75, 3.05) is 6.54 Å². The number of nitriles is 1. The summed E-state index contributed by atoms with van der Waals surface area (Å²) in [6.07, 6.45) is 2.81. The van der Waals surface area contributed by atoms with Gasteiger partial charge in [0.2, 0.25) is 0 Å². The normalized spacial score (nSPS) is 22.8. The van der Waals surface area contributed by atoms with Crippen LogP contribution in [0.4, 0.5) is 0 Å². The van der Waals surface area contributed by atoms with Gasteiger partial charge in [-0.15, -0.1) is 0 Å². The number of nitrogens with zero attached hydrogens (tertiary/aromatic N) is 1. The number of hydrogen-bond acceptors (Lipinski definition) is 2. The number of hydrogen-bond donors (Lipinski definition) is 1. The van der Waals surface area contributed by atoms with E-state index in [1.165, 1.54) is 5.56 Å². The first kappa shape index (κ1) is 11.4. The molecule has 16 heavy (non-hydrogen) atoms. The fraction of sp³-hybridized carbons (Fsp3) is 0.462. The lowest BCUT2D eigenvalue weighted by Crippen LogP contribution is -2.39. The van der Waals surface area contributed by atoms with Crippen LogP contribution in [-0.4, -0.2) is 6.54 Å². The third kappa shape index (κ3) is 1.81. The molecular formula is C13H15ClN2. The van der Waals surface area contributed by atoms with Crippen LogP contribution in [-0.2, 0) is 12.0 Å². The fourth-order valence-corrected chi connectivity index (χ4v) is 2.51. The van der Waals surface area contributed by atoms with Crippen molar-refractivity contribution in [3.05, 3.63) is 34.3 Å². The molecule has 0 saturated heterocycles. The number of nitrogens with one attached hydrogen (secondary N) is 1. The highest BCUT2D eigenvalue weighted by Crippen LogP contribution is 2.37. The summed E-state index contributed by atoms with van der Waals surface area (Å²) >= 11 is 5.96. The smallest absolute Gasteiger partial charge is 0.132 e. The summed E-state index contributed by atoms with van der Waals surface area (Å²) in [4.78, 5) is 0. The van der Waals surface area contributed by atoms with Gasteiger partial charge in [-0.2, -0.15) is 5.26 Å². The fourth-order valence-electron chi connectivity index (χ4n) is 2.32. The van der Waals surface area contributed by atoms with Gasteiger partial charge in [-0.1, -0.05) is 24.6 Å². The maximum atomic E-state index is 9.41. The first-order valence-electron chi connectivity index (χ1n) is 5.67. The van der Waals surface area contributed by atoms with Gasteiger partial charge in [0, 0.05) is 5.02 Å². The van der Waals surface area contributed by atoms with E-state index in [1.807, 2.05) is 18.2 Å². The van der Waals surface area contributed by atoms with E-state index in [0.717, 1.165) is 36.4 Å². The van der Waals surface area contributed by atoms with E-state index in [4.69, 9.17) is 11.6 Å². The highest BCUT2D eigenvalue weighted by atomic mass is 35.5. The number of halogens is 1. The second-order valence-electron chi connectivity index (χ2n) is 4.25. The second kappa shape index (κ2) is 4.45. The van der Waals surface area contributed by atoms with E-state index < -0.39 is 5.54 Å². The SMILES string of the molecule is CCCNC1(C#N)CCc2cc(Cl)ccc21. The van der Waals surface area contributed by atoms with Crippen LogP contribution < -0.4 is 5.32 Å². The van der Waals surface area contributed by atoms with E-state index in [-0.39, 0.29) is 0 Å². The lowest BCUT2D eigenvalue weighted by molar-refractivity contribution is 0.425.